The van der Waals surface area contributed by atoms with Crippen LogP contribution in [0.2, 0.25) is 5.02 Å². The zero-order valence-electron chi connectivity index (χ0n) is 10.8. The maximum absolute atomic E-state index is 10.2. The number of rotatable bonds is 4. The number of nitrogens with two attached hydrogens (primary N) is 1. The van der Waals surface area contributed by atoms with Gasteiger partial charge in [0.15, 0.2) is 0 Å². The summed E-state index contributed by atoms with van der Waals surface area (Å²) < 4.78 is 0. The van der Waals surface area contributed by atoms with E-state index in [0.29, 0.717) is 22.7 Å². The van der Waals surface area contributed by atoms with Crippen LogP contribution in [0.4, 0.5) is 5.69 Å². The van der Waals surface area contributed by atoms with Gasteiger partial charge in [-0.25, -0.2) is 0 Å². The number of aryl methyl sites for hydroxylation is 1. The molecule has 2 rings (SSSR count). The van der Waals surface area contributed by atoms with Gasteiger partial charge in [0.25, 0.3) is 0 Å². The number of aliphatic hydroxyl groups excluding tert-OH is 1. The summed E-state index contributed by atoms with van der Waals surface area (Å²) in [6.45, 7) is 2.08. The first-order valence-corrected chi connectivity index (χ1v) is 6.64. The van der Waals surface area contributed by atoms with Crippen molar-refractivity contribution >= 4 is 17.3 Å². The smallest absolute Gasteiger partial charge is 0.0865 e. The molecule has 0 aliphatic rings. The highest BCUT2D eigenvalue weighted by atomic mass is 35.5. The van der Waals surface area contributed by atoms with Gasteiger partial charge in [0.05, 0.1) is 6.10 Å². The first-order valence-electron chi connectivity index (χ1n) is 6.27. The summed E-state index contributed by atoms with van der Waals surface area (Å²) in [5.74, 6) is 0. The Morgan fingerprint density at radius 3 is 2.68 bits per heavy atom. The van der Waals surface area contributed by atoms with E-state index >= 15 is 0 Å². The highest BCUT2D eigenvalue weighted by Crippen LogP contribution is 2.26. The van der Waals surface area contributed by atoms with Gasteiger partial charge >= 0.3 is 0 Å². The Balaban J connectivity index is 2.13. The molecule has 3 nitrogen and oxygen atoms in total. The fourth-order valence-electron chi connectivity index (χ4n) is 1.94. The molecule has 1 aromatic carbocycles. The summed E-state index contributed by atoms with van der Waals surface area (Å²) in [6, 6.07) is 9.09. The molecule has 0 saturated carbocycles. The third kappa shape index (κ3) is 3.46. The lowest BCUT2D eigenvalue weighted by Gasteiger charge is -2.13. The Morgan fingerprint density at radius 2 is 2.11 bits per heavy atom. The van der Waals surface area contributed by atoms with E-state index < -0.39 is 6.10 Å². The molecule has 0 spiro atoms. The first-order chi connectivity index (χ1) is 9.10. The van der Waals surface area contributed by atoms with Crippen LogP contribution in [0.1, 0.15) is 29.8 Å². The molecule has 100 valence electrons. The van der Waals surface area contributed by atoms with Crippen molar-refractivity contribution in [3.05, 3.63) is 58.4 Å². The van der Waals surface area contributed by atoms with Crippen LogP contribution in [0, 0.1) is 0 Å². The number of aromatic nitrogens is 1. The summed E-state index contributed by atoms with van der Waals surface area (Å²) in [7, 11) is 0. The predicted octanol–water partition coefficient (Wildman–Crippen LogP) is 3.16. The van der Waals surface area contributed by atoms with Crippen molar-refractivity contribution in [2.24, 2.45) is 0 Å². The molecule has 1 unspecified atom stereocenters. The normalized spacial score (nSPS) is 12.4. The minimum atomic E-state index is -0.669. The van der Waals surface area contributed by atoms with Gasteiger partial charge < -0.3 is 10.8 Å². The van der Waals surface area contributed by atoms with E-state index in [1.54, 1.807) is 18.2 Å². The van der Waals surface area contributed by atoms with Crippen molar-refractivity contribution in [2.45, 2.75) is 25.9 Å². The average Bonchev–Trinajstić information content (AvgIpc) is 2.39. The molecule has 1 heterocycles. The maximum atomic E-state index is 10.2. The standard InChI is InChI=1S/C15H17ClN2O/c1-2-10-3-5-12(18-9-10)8-15(19)13-6-4-11(16)7-14(13)17/h3-7,9,15,19H,2,8,17H2,1H3. The molecular formula is C15H17ClN2O. The van der Waals surface area contributed by atoms with Crippen molar-refractivity contribution < 1.29 is 5.11 Å². The fourth-order valence-corrected chi connectivity index (χ4v) is 2.12. The zero-order chi connectivity index (χ0) is 13.8. The number of pyridine rings is 1. The van der Waals surface area contributed by atoms with Gasteiger partial charge in [-0.15, -0.1) is 0 Å². The molecule has 4 heteroatoms. The van der Waals surface area contributed by atoms with E-state index in [1.807, 2.05) is 18.3 Å². The van der Waals surface area contributed by atoms with E-state index in [1.165, 1.54) is 5.56 Å². The summed E-state index contributed by atoms with van der Waals surface area (Å²) in [5, 5.41) is 10.8. The average molecular weight is 277 g/mol. The Labute approximate surface area is 118 Å². The van der Waals surface area contributed by atoms with Crippen molar-refractivity contribution in [1.82, 2.24) is 4.98 Å². The van der Waals surface area contributed by atoms with E-state index in [2.05, 4.69) is 11.9 Å². The quantitative estimate of drug-likeness (QED) is 0.844. The van der Waals surface area contributed by atoms with Gasteiger partial charge in [0.2, 0.25) is 0 Å². The zero-order valence-corrected chi connectivity index (χ0v) is 11.6. The number of anilines is 1. The van der Waals surface area contributed by atoms with E-state index in [9.17, 15) is 5.11 Å². The topological polar surface area (TPSA) is 59.1 Å². The van der Waals surface area contributed by atoms with Crippen LogP contribution >= 0.6 is 11.6 Å². The fraction of sp³-hybridized carbons (Fsp3) is 0.267. The molecule has 0 saturated heterocycles. The highest BCUT2D eigenvalue weighted by molar-refractivity contribution is 6.30. The third-order valence-corrected chi connectivity index (χ3v) is 3.34. The van der Waals surface area contributed by atoms with Crippen LogP contribution < -0.4 is 5.73 Å². The Morgan fingerprint density at radius 1 is 1.32 bits per heavy atom. The molecule has 1 atom stereocenters. The summed E-state index contributed by atoms with van der Waals surface area (Å²) in [6.07, 6.45) is 2.57. The van der Waals surface area contributed by atoms with Crippen molar-refractivity contribution in [1.29, 1.82) is 0 Å². The highest BCUT2D eigenvalue weighted by Gasteiger charge is 2.12. The second-order valence-electron chi connectivity index (χ2n) is 4.50. The third-order valence-electron chi connectivity index (χ3n) is 3.10. The van der Waals surface area contributed by atoms with Crippen LogP contribution in [0.15, 0.2) is 36.5 Å². The molecule has 0 fully saturated rings. The molecule has 2 aromatic rings. The Kier molecular flexibility index (Phi) is 4.40. The number of hydrogen-bond donors (Lipinski definition) is 2. The SMILES string of the molecule is CCc1ccc(CC(O)c2ccc(Cl)cc2N)nc1. The van der Waals surface area contributed by atoms with Crippen LogP contribution in [-0.4, -0.2) is 10.1 Å². The van der Waals surface area contributed by atoms with Crippen LogP contribution in [0.5, 0.6) is 0 Å². The van der Waals surface area contributed by atoms with Crippen LogP contribution in [-0.2, 0) is 12.8 Å². The maximum Gasteiger partial charge on any atom is 0.0865 e. The number of aliphatic hydroxyl groups is 1. The molecule has 0 aliphatic carbocycles. The Bertz CT molecular complexity index is 555. The van der Waals surface area contributed by atoms with Gasteiger partial charge in [-0.05, 0) is 30.2 Å². The number of nitrogen functional groups attached to an aromatic ring is 1. The van der Waals surface area contributed by atoms with Gasteiger partial charge in [-0.3, -0.25) is 4.98 Å². The molecule has 0 bridgehead atoms. The lowest BCUT2D eigenvalue weighted by molar-refractivity contribution is 0.178. The van der Waals surface area contributed by atoms with Gasteiger partial charge in [-0.1, -0.05) is 30.7 Å². The second kappa shape index (κ2) is 6.04. The molecule has 0 aliphatic heterocycles. The number of benzene rings is 1. The van der Waals surface area contributed by atoms with E-state index in [-0.39, 0.29) is 0 Å². The minimum Gasteiger partial charge on any atom is -0.398 e. The van der Waals surface area contributed by atoms with Gasteiger partial charge in [0, 0.05) is 34.6 Å². The van der Waals surface area contributed by atoms with Gasteiger partial charge in [0.1, 0.15) is 0 Å². The van der Waals surface area contributed by atoms with E-state index in [0.717, 1.165) is 12.1 Å². The minimum absolute atomic E-state index is 0.440. The number of halogens is 1. The second-order valence-corrected chi connectivity index (χ2v) is 4.94. The molecule has 1 aromatic heterocycles. The predicted molar refractivity (Wildman–Crippen MR) is 78.1 cm³/mol. The van der Waals surface area contributed by atoms with Gasteiger partial charge in [-0.2, -0.15) is 0 Å². The summed E-state index contributed by atoms with van der Waals surface area (Å²) in [5.41, 5.74) is 9.08. The summed E-state index contributed by atoms with van der Waals surface area (Å²) >= 11 is 5.84. The van der Waals surface area contributed by atoms with E-state index in [4.69, 9.17) is 17.3 Å². The largest absolute Gasteiger partial charge is 0.398 e. The van der Waals surface area contributed by atoms with Crippen molar-refractivity contribution in [3.63, 3.8) is 0 Å². The summed E-state index contributed by atoms with van der Waals surface area (Å²) in [4.78, 5) is 4.34. The number of nitrogens with zero attached hydrogens (tertiary/aromatic N) is 1. The molecule has 3 N–H and O–H groups in total. The molecule has 0 amide bonds. The molecule has 0 radical (unpaired) electrons. The Hall–Kier alpha value is -1.58. The first kappa shape index (κ1) is 13.8. The molecule has 19 heavy (non-hydrogen) atoms. The van der Waals surface area contributed by atoms with Crippen LogP contribution in [0.3, 0.4) is 0 Å². The number of hydrogen-bond acceptors (Lipinski definition) is 3. The lowest BCUT2D eigenvalue weighted by atomic mass is 10.0. The lowest BCUT2D eigenvalue weighted by Crippen LogP contribution is -2.06. The monoisotopic (exact) mass is 276 g/mol. The van der Waals surface area contributed by atoms with Crippen molar-refractivity contribution in [2.75, 3.05) is 5.73 Å². The molecular weight excluding hydrogens is 260 g/mol. The van der Waals surface area contributed by atoms with Crippen LogP contribution in [0.25, 0.3) is 0 Å². The van der Waals surface area contributed by atoms with Crippen molar-refractivity contribution in [3.8, 4) is 0 Å².